The van der Waals surface area contributed by atoms with Gasteiger partial charge in [-0.15, -0.1) is 0 Å². The van der Waals surface area contributed by atoms with Gasteiger partial charge in [0.05, 0.1) is 12.8 Å². The van der Waals surface area contributed by atoms with Gasteiger partial charge in [0, 0.05) is 0 Å². The minimum absolute atomic E-state index is 0.274. The Morgan fingerprint density at radius 2 is 1.83 bits per heavy atom. The Bertz CT molecular complexity index is 610. The Labute approximate surface area is 136 Å². The van der Waals surface area contributed by atoms with Crippen molar-refractivity contribution in [1.29, 1.82) is 0 Å². The van der Waals surface area contributed by atoms with Crippen LogP contribution in [-0.4, -0.2) is 24.9 Å². The third-order valence-electron chi connectivity index (χ3n) is 4.22. The van der Waals surface area contributed by atoms with E-state index in [4.69, 9.17) is 4.74 Å². The molecule has 1 aliphatic heterocycles. The van der Waals surface area contributed by atoms with Crippen LogP contribution in [0.1, 0.15) is 39.5 Å². The van der Waals surface area contributed by atoms with Crippen LogP contribution in [0.5, 0.6) is 5.75 Å². The molecule has 2 N–H and O–H groups in total. The molecular formula is C17H23N3O3. The summed E-state index contributed by atoms with van der Waals surface area (Å²) in [6, 6.07) is 6.66. The average molecular weight is 317 g/mol. The van der Waals surface area contributed by atoms with E-state index in [9.17, 15) is 9.59 Å². The maximum Gasteiger partial charge on any atom is 0.326 e. The quantitative estimate of drug-likeness (QED) is 0.846. The number of ether oxygens (including phenoxy) is 1. The highest BCUT2D eigenvalue weighted by Crippen LogP contribution is 2.33. The van der Waals surface area contributed by atoms with Gasteiger partial charge in [0.25, 0.3) is 0 Å². The minimum Gasteiger partial charge on any atom is -0.497 e. The Morgan fingerprint density at radius 3 is 2.39 bits per heavy atom. The van der Waals surface area contributed by atoms with Gasteiger partial charge in [-0.25, -0.2) is 9.79 Å². The second-order valence-corrected chi connectivity index (χ2v) is 5.61. The number of nitrogens with zero attached hydrogens (tertiary/aromatic N) is 1. The fourth-order valence-electron chi connectivity index (χ4n) is 2.72. The highest BCUT2D eigenvalue weighted by molar-refractivity contribution is 6.21. The Hall–Kier alpha value is -2.37. The molecule has 3 amide bonds. The lowest BCUT2D eigenvalue weighted by molar-refractivity contribution is -0.127. The summed E-state index contributed by atoms with van der Waals surface area (Å²) in [4.78, 5) is 28.7. The van der Waals surface area contributed by atoms with E-state index in [-0.39, 0.29) is 5.91 Å². The zero-order chi connectivity index (χ0) is 16.9. The number of carbonyl (C=O) groups excluding carboxylic acids is 2. The van der Waals surface area contributed by atoms with Gasteiger partial charge in [0.15, 0.2) is 0 Å². The SMILES string of the molecule is CCCC[C@]1(CC)C(=O)NC(=O)NC1=Nc1ccc(OC)cc1. The van der Waals surface area contributed by atoms with E-state index in [0.29, 0.717) is 24.4 Å². The van der Waals surface area contributed by atoms with Crippen molar-refractivity contribution in [2.45, 2.75) is 39.5 Å². The molecule has 23 heavy (non-hydrogen) atoms. The lowest BCUT2D eigenvalue weighted by Crippen LogP contribution is -2.62. The monoisotopic (exact) mass is 317 g/mol. The van der Waals surface area contributed by atoms with Crippen LogP contribution in [0.2, 0.25) is 0 Å². The second kappa shape index (κ2) is 7.26. The number of nitrogens with one attached hydrogen (secondary N) is 2. The standard InChI is InChI=1S/C17H23N3O3/c1-4-6-11-17(5-2)14(19-16(22)20-15(17)21)18-12-7-9-13(23-3)10-8-12/h7-10H,4-6,11H2,1-3H3,(H2,18,19,20,21,22)/t17-/m0/s1. The molecule has 0 spiro atoms. The van der Waals surface area contributed by atoms with Crippen molar-refractivity contribution >= 4 is 23.5 Å². The van der Waals surface area contributed by atoms with Gasteiger partial charge in [-0.2, -0.15) is 0 Å². The van der Waals surface area contributed by atoms with Gasteiger partial charge in [-0.3, -0.25) is 15.4 Å². The second-order valence-electron chi connectivity index (χ2n) is 5.61. The molecule has 1 heterocycles. The Morgan fingerprint density at radius 1 is 1.13 bits per heavy atom. The first-order valence-electron chi connectivity index (χ1n) is 7.91. The molecule has 1 atom stereocenters. The molecule has 1 saturated heterocycles. The summed E-state index contributed by atoms with van der Waals surface area (Å²) in [6.07, 6.45) is 3.09. The molecule has 1 aromatic rings. The van der Waals surface area contributed by atoms with Crippen molar-refractivity contribution in [3.8, 4) is 5.75 Å². The number of rotatable bonds is 6. The van der Waals surface area contributed by atoms with E-state index in [1.54, 1.807) is 31.4 Å². The molecule has 0 saturated carbocycles. The van der Waals surface area contributed by atoms with E-state index < -0.39 is 11.4 Å². The maximum absolute atomic E-state index is 12.5. The van der Waals surface area contributed by atoms with E-state index in [1.807, 2.05) is 6.92 Å². The van der Waals surface area contributed by atoms with Crippen LogP contribution < -0.4 is 15.4 Å². The lowest BCUT2D eigenvalue weighted by Gasteiger charge is -2.36. The number of amides is 3. The van der Waals surface area contributed by atoms with Crippen LogP contribution in [0.25, 0.3) is 0 Å². The minimum atomic E-state index is -0.788. The maximum atomic E-state index is 12.5. The summed E-state index contributed by atoms with van der Waals surface area (Å²) in [6.45, 7) is 4.01. The number of hydrogen-bond donors (Lipinski definition) is 2. The van der Waals surface area contributed by atoms with Crippen LogP contribution in [-0.2, 0) is 4.79 Å². The number of hydrogen-bond acceptors (Lipinski definition) is 4. The predicted molar refractivity (Wildman–Crippen MR) is 89.0 cm³/mol. The molecule has 0 radical (unpaired) electrons. The fourth-order valence-corrected chi connectivity index (χ4v) is 2.72. The van der Waals surface area contributed by atoms with E-state index in [1.165, 1.54) is 0 Å². The van der Waals surface area contributed by atoms with Crippen LogP contribution in [0.15, 0.2) is 29.3 Å². The topological polar surface area (TPSA) is 79.8 Å². The van der Waals surface area contributed by atoms with Gasteiger partial charge in [0.1, 0.15) is 17.0 Å². The molecule has 0 aromatic heterocycles. The summed E-state index contributed by atoms with van der Waals surface area (Å²) >= 11 is 0. The van der Waals surface area contributed by atoms with Crippen molar-refractivity contribution in [1.82, 2.24) is 10.6 Å². The first-order chi connectivity index (χ1) is 11.1. The molecule has 2 rings (SSSR count). The molecule has 1 aromatic carbocycles. The van der Waals surface area contributed by atoms with Crippen molar-refractivity contribution in [2.75, 3.05) is 7.11 Å². The zero-order valence-electron chi connectivity index (χ0n) is 13.8. The predicted octanol–water partition coefficient (Wildman–Crippen LogP) is 3.15. The number of urea groups is 1. The van der Waals surface area contributed by atoms with Crippen molar-refractivity contribution in [3.05, 3.63) is 24.3 Å². The van der Waals surface area contributed by atoms with Crippen molar-refractivity contribution in [3.63, 3.8) is 0 Å². The Kier molecular flexibility index (Phi) is 5.36. The molecule has 0 unspecified atom stereocenters. The molecule has 124 valence electrons. The van der Waals surface area contributed by atoms with Crippen LogP contribution in [0, 0.1) is 5.41 Å². The molecular weight excluding hydrogens is 294 g/mol. The third kappa shape index (κ3) is 3.52. The van der Waals surface area contributed by atoms with E-state index >= 15 is 0 Å². The smallest absolute Gasteiger partial charge is 0.326 e. The highest BCUT2D eigenvalue weighted by atomic mass is 16.5. The molecule has 1 fully saturated rings. The zero-order valence-corrected chi connectivity index (χ0v) is 13.8. The van der Waals surface area contributed by atoms with Gasteiger partial charge < -0.3 is 4.74 Å². The number of amidine groups is 1. The number of benzene rings is 1. The van der Waals surface area contributed by atoms with Gasteiger partial charge in [-0.05, 0) is 37.1 Å². The lowest BCUT2D eigenvalue weighted by atomic mass is 9.76. The number of aliphatic imine (C=N–C) groups is 1. The molecule has 6 nitrogen and oxygen atoms in total. The van der Waals surface area contributed by atoms with Crippen molar-refractivity contribution < 1.29 is 14.3 Å². The number of unbranched alkanes of at least 4 members (excludes halogenated alkanes) is 1. The van der Waals surface area contributed by atoms with E-state index in [2.05, 4.69) is 22.5 Å². The molecule has 6 heteroatoms. The fraction of sp³-hybridized carbons (Fsp3) is 0.471. The van der Waals surface area contributed by atoms with Crippen LogP contribution >= 0.6 is 0 Å². The van der Waals surface area contributed by atoms with Gasteiger partial charge in [-0.1, -0.05) is 26.7 Å². The van der Waals surface area contributed by atoms with Crippen molar-refractivity contribution in [2.24, 2.45) is 10.4 Å². The average Bonchev–Trinajstić information content (AvgIpc) is 2.55. The van der Waals surface area contributed by atoms with Crippen LogP contribution in [0.3, 0.4) is 0 Å². The first kappa shape index (κ1) is 17.0. The van der Waals surface area contributed by atoms with E-state index in [0.717, 1.165) is 18.6 Å². The molecule has 0 aliphatic carbocycles. The molecule has 0 bridgehead atoms. The number of methoxy groups -OCH3 is 1. The largest absolute Gasteiger partial charge is 0.497 e. The Balaban J connectivity index is 2.41. The summed E-state index contributed by atoms with van der Waals surface area (Å²) < 4.78 is 5.13. The number of carbonyl (C=O) groups is 2. The third-order valence-corrected chi connectivity index (χ3v) is 4.22. The summed E-state index contributed by atoms with van der Waals surface area (Å²) in [5.41, 5.74) is -0.116. The summed E-state index contributed by atoms with van der Waals surface area (Å²) in [5, 5.41) is 5.10. The highest BCUT2D eigenvalue weighted by Gasteiger charge is 2.46. The summed E-state index contributed by atoms with van der Waals surface area (Å²) in [5.74, 6) is 0.879. The van der Waals surface area contributed by atoms with Gasteiger partial charge >= 0.3 is 6.03 Å². The number of imide groups is 1. The van der Waals surface area contributed by atoms with Gasteiger partial charge in [0.2, 0.25) is 5.91 Å². The van der Waals surface area contributed by atoms with Crippen LogP contribution in [0.4, 0.5) is 10.5 Å². The first-order valence-corrected chi connectivity index (χ1v) is 7.91. The molecule has 1 aliphatic rings. The summed E-state index contributed by atoms with van der Waals surface area (Å²) in [7, 11) is 1.60. The normalized spacial score (nSPS) is 22.7.